The minimum atomic E-state index is -0.523. The zero-order valence-corrected chi connectivity index (χ0v) is 10.9. The van der Waals surface area contributed by atoms with Gasteiger partial charge in [0, 0.05) is 18.3 Å². The molecule has 0 radical (unpaired) electrons. The number of ether oxygens (including phenoxy) is 1. The smallest absolute Gasteiger partial charge is 0.422 e. The zero-order chi connectivity index (χ0) is 13.6. The fraction of sp³-hybridized carbons (Fsp3) is 0.636. The summed E-state index contributed by atoms with van der Waals surface area (Å²) >= 11 is 0. The van der Waals surface area contributed by atoms with Crippen LogP contribution in [0, 0.1) is 0 Å². The predicted molar refractivity (Wildman–Crippen MR) is 65.5 cm³/mol. The number of amides is 1. The van der Waals surface area contributed by atoms with Crippen LogP contribution in [0.3, 0.4) is 0 Å². The molecule has 0 atom stereocenters. The summed E-state index contributed by atoms with van der Waals surface area (Å²) in [5.74, 6) is 0. The summed E-state index contributed by atoms with van der Waals surface area (Å²) < 4.78 is 6.68. The summed E-state index contributed by atoms with van der Waals surface area (Å²) in [5.41, 5.74) is 5.56. The molecule has 1 aromatic heterocycles. The second-order valence-corrected chi connectivity index (χ2v) is 4.82. The van der Waals surface area contributed by atoms with Crippen LogP contribution in [-0.2, 0) is 17.8 Å². The fourth-order valence-corrected chi connectivity index (χ4v) is 1.24. The number of carbonyl (C=O) groups excluding carboxylic acids is 1. The Kier molecular flexibility index (Phi) is 5.11. The van der Waals surface area contributed by atoms with Gasteiger partial charge in [0.2, 0.25) is 0 Å². The van der Waals surface area contributed by atoms with Crippen LogP contribution < -0.4 is 10.9 Å². The summed E-state index contributed by atoms with van der Waals surface area (Å²) in [5, 5.41) is 12.8. The maximum Gasteiger partial charge on any atom is 0.422 e. The molecule has 0 aromatic carbocycles. The van der Waals surface area contributed by atoms with Gasteiger partial charge in [-0.15, -0.1) is 0 Å². The van der Waals surface area contributed by atoms with Crippen LogP contribution in [0.5, 0.6) is 0 Å². The SMILES string of the molecule is CC(C)(C)OC(=O)NNCc1cnn(CCO)c1. The molecule has 0 saturated heterocycles. The number of rotatable bonds is 5. The topological polar surface area (TPSA) is 88.4 Å². The van der Waals surface area contributed by atoms with Crippen molar-refractivity contribution in [2.45, 2.75) is 39.5 Å². The van der Waals surface area contributed by atoms with Gasteiger partial charge in [-0.05, 0) is 20.8 Å². The largest absolute Gasteiger partial charge is 0.443 e. The number of aliphatic hydroxyl groups is 1. The summed E-state index contributed by atoms with van der Waals surface area (Å²) in [4.78, 5) is 11.3. The van der Waals surface area contributed by atoms with E-state index in [0.717, 1.165) is 5.56 Å². The molecule has 0 fully saturated rings. The van der Waals surface area contributed by atoms with Crippen molar-refractivity contribution in [3.63, 3.8) is 0 Å². The van der Waals surface area contributed by atoms with Crippen LogP contribution in [0.1, 0.15) is 26.3 Å². The van der Waals surface area contributed by atoms with Gasteiger partial charge in [-0.3, -0.25) is 10.1 Å². The van der Waals surface area contributed by atoms with Gasteiger partial charge in [-0.2, -0.15) is 5.10 Å². The van der Waals surface area contributed by atoms with E-state index in [1.54, 1.807) is 37.8 Å². The molecule has 18 heavy (non-hydrogen) atoms. The number of hydrogen-bond acceptors (Lipinski definition) is 5. The average molecular weight is 256 g/mol. The number of hydrogen-bond donors (Lipinski definition) is 3. The lowest BCUT2D eigenvalue weighted by atomic mass is 10.2. The molecule has 7 nitrogen and oxygen atoms in total. The third kappa shape index (κ3) is 5.65. The highest BCUT2D eigenvalue weighted by molar-refractivity contribution is 5.66. The first-order chi connectivity index (χ1) is 8.40. The molecule has 0 saturated carbocycles. The third-order valence-electron chi connectivity index (χ3n) is 1.90. The summed E-state index contributed by atoms with van der Waals surface area (Å²) in [7, 11) is 0. The normalized spacial score (nSPS) is 11.3. The highest BCUT2D eigenvalue weighted by Crippen LogP contribution is 2.05. The van der Waals surface area contributed by atoms with Crippen molar-refractivity contribution in [1.82, 2.24) is 20.6 Å². The van der Waals surface area contributed by atoms with Crippen LogP contribution in [-0.4, -0.2) is 33.2 Å². The summed E-state index contributed by atoms with van der Waals surface area (Å²) in [6.45, 7) is 6.33. The number of hydrazine groups is 1. The van der Waals surface area contributed by atoms with Gasteiger partial charge >= 0.3 is 6.09 Å². The molecule has 0 spiro atoms. The lowest BCUT2D eigenvalue weighted by Gasteiger charge is -2.19. The lowest BCUT2D eigenvalue weighted by Crippen LogP contribution is -2.40. The monoisotopic (exact) mass is 256 g/mol. The lowest BCUT2D eigenvalue weighted by molar-refractivity contribution is 0.0497. The van der Waals surface area contributed by atoms with Crippen molar-refractivity contribution >= 4 is 6.09 Å². The van der Waals surface area contributed by atoms with E-state index in [2.05, 4.69) is 16.0 Å². The Morgan fingerprint density at radius 2 is 2.28 bits per heavy atom. The van der Waals surface area contributed by atoms with Crippen molar-refractivity contribution < 1.29 is 14.6 Å². The Morgan fingerprint density at radius 1 is 1.56 bits per heavy atom. The van der Waals surface area contributed by atoms with Crippen molar-refractivity contribution in [3.05, 3.63) is 18.0 Å². The Labute approximate surface area is 106 Å². The van der Waals surface area contributed by atoms with Crippen LogP contribution in [0.25, 0.3) is 0 Å². The molecule has 1 aromatic rings. The number of nitrogens with zero attached hydrogens (tertiary/aromatic N) is 2. The molecule has 1 amide bonds. The molecule has 0 aliphatic rings. The fourth-order valence-electron chi connectivity index (χ4n) is 1.24. The Hall–Kier alpha value is -1.60. The predicted octanol–water partition coefficient (Wildman–Crippen LogP) is 0.405. The second-order valence-electron chi connectivity index (χ2n) is 4.82. The van der Waals surface area contributed by atoms with E-state index in [1.165, 1.54) is 0 Å². The summed E-state index contributed by atoms with van der Waals surface area (Å²) in [6.07, 6.45) is 2.93. The molecule has 0 unspecified atom stereocenters. The number of nitrogens with one attached hydrogen (secondary N) is 2. The van der Waals surface area contributed by atoms with Gasteiger partial charge in [0.1, 0.15) is 5.60 Å². The van der Waals surface area contributed by atoms with Crippen LogP contribution in [0.4, 0.5) is 4.79 Å². The second kappa shape index (κ2) is 6.36. The standard InChI is InChI=1S/C11H20N4O3/c1-11(2,3)18-10(17)14-12-6-9-7-13-15(8-9)4-5-16/h7-8,12,16H,4-6H2,1-3H3,(H,14,17). The van der Waals surface area contributed by atoms with Crippen molar-refractivity contribution in [3.8, 4) is 0 Å². The molecular weight excluding hydrogens is 236 g/mol. The van der Waals surface area contributed by atoms with E-state index >= 15 is 0 Å². The van der Waals surface area contributed by atoms with Gasteiger partial charge in [-0.1, -0.05) is 0 Å². The first-order valence-corrected chi connectivity index (χ1v) is 5.75. The van der Waals surface area contributed by atoms with Crippen molar-refractivity contribution in [2.75, 3.05) is 6.61 Å². The van der Waals surface area contributed by atoms with E-state index < -0.39 is 11.7 Å². The van der Waals surface area contributed by atoms with Crippen molar-refractivity contribution in [2.24, 2.45) is 0 Å². The number of aromatic nitrogens is 2. The Balaban J connectivity index is 2.26. The molecular formula is C11H20N4O3. The van der Waals surface area contributed by atoms with E-state index in [4.69, 9.17) is 9.84 Å². The molecule has 0 aliphatic carbocycles. The maximum atomic E-state index is 11.3. The molecule has 3 N–H and O–H groups in total. The first-order valence-electron chi connectivity index (χ1n) is 5.75. The molecule has 0 bridgehead atoms. The number of carbonyl (C=O) groups is 1. The molecule has 7 heteroatoms. The molecule has 1 rings (SSSR count). The van der Waals surface area contributed by atoms with Crippen molar-refractivity contribution in [1.29, 1.82) is 0 Å². The third-order valence-corrected chi connectivity index (χ3v) is 1.90. The van der Waals surface area contributed by atoms with E-state index in [1.807, 2.05) is 0 Å². The highest BCUT2D eigenvalue weighted by Gasteiger charge is 2.15. The molecule has 0 aliphatic heterocycles. The maximum absolute atomic E-state index is 11.3. The van der Waals surface area contributed by atoms with Crippen LogP contribution in [0.15, 0.2) is 12.4 Å². The van der Waals surface area contributed by atoms with E-state index in [9.17, 15) is 4.79 Å². The van der Waals surface area contributed by atoms with Crippen LogP contribution in [0.2, 0.25) is 0 Å². The van der Waals surface area contributed by atoms with Gasteiger partial charge in [0.25, 0.3) is 0 Å². The van der Waals surface area contributed by atoms with E-state index in [-0.39, 0.29) is 6.61 Å². The minimum Gasteiger partial charge on any atom is -0.443 e. The first kappa shape index (κ1) is 14.5. The van der Waals surface area contributed by atoms with Gasteiger partial charge < -0.3 is 9.84 Å². The number of aliphatic hydroxyl groups excluding tert-OH is 1. The van der Waals surface area contributed by atoms with Gasteiger partial charge in [0.05, 0.1) is 19.3 Å². The van der Waals surface area contributed by atoms with Gasteiger partial charge in [0.15, 0.2) is 0 Å². The Bertz CT molecular complexity index is 384. The quantitative estimate of drug-likeness (QED) is 0.664. The van der Waals surface area contributed by atoms with E-state index in [0.29, 0.717) is 13.1 Å². The van der Waals surface area contributed by atoms with Gasteiger partial charge in [-0.25, -0.2) is 10.2 Å². The Morgan fingerprint density at radius 3 is 2.89 bits per heavy atom. The zero-order valence-electron chi connectivity index (χ0n) is 10.9. The minimum absolute atomic E-state index is 0.0463. The highest BCUT2D eigenvalue weighted by atomic mass is 16.6. The summed E-state index contributed by atoms with van der Waals surface area (Å²) in [6, 6.07) is 0. The van der Waals surface area contributed by atoms with Crippen LogP contribution >= 0.6 is 0 Å². The molecule has 102 valence electrons. The average Bonchev–Trinajstić information content (AvgIpc) is 2.63. The molecule has 1 heterocycles.